The van der Waals surface area contributed by atoms with E-state index in [1.807, 2.05) is 0 Å². The van der Waals surface area contributed by atoms with Crippen molar-refractivity contribution >= 4 is 37.5 Å². The van der Waals surface area contributed by atoms with Gasteiger partial charge < -0.3 is 24.5 Å². The first-order valence-corrected chi connectivity index (χ1v) is 10.4. The van der Waals surface area contributed by atoms with Gasteiger partial charge in [-0.3, -0.25) is 4.57 Å². The monoisotopic (exact) mass is 381 g/mol. The molecule has 7 nitrogen and oxygen atoms in total. The van der Waals surface area contributed by atoms with Crippen molar-refractivity contribution in [1.82, 2.24) is 9.97 Å². The summed E-state index contributed by atoms with van der Waals surface area (Å²) >= 11 is 6.48. The molecular formula is C13H24N3O4PS2. The summed E-state index contributed by atoms with van der Waals surface area (Å²) in [6, 6.07) is 1.73. The molecule has 10 heteroatoms. The van der Waals surface area contributed by atoms with Crippen molar-refractivity contribution < 1.29 is 18.3 Å². The van der Waals surface area contributed by atoms with Crippen LogP contribution in [0.15, 0.2) is 11.1 Å². The van der Waals surface area contributed by atoms with Crippen LogP contribution in [-0.2, 0) is 18.3 Å². The maximum Gasteiger partial charge on any atom is 0.356 e. The quantitative estimate of drug-likeness (QED) is 0.207. The van der Waals surface area contributed by atoms with Gasteiger partial charge in [0.1, 0.15) is 16.0 Å². The number of aromatic nitrogens is 2. The minimum Gasteiger partial charge on any atom is -0.369 e. The number of ether oxygens (including phenoxy) is 1. The molecule has 23 heavy (non-hydrogen) atoms. The smallest absolute Gasteiger partial charge is 0.356 e. The largest absolute Gasteiger partial charge is 0.369 e. The first kappa shape index (κ1) is 20.6. The Kier molecular flexibility index (Phi) is 8.74. The van der Waals surface area contributed by atoms with Gasteiger partial charge in [0.15, 0.2) is 5.95 Å². The average Bonchev–Trinajstić information content (AvgIpc) is 2.34. The Hall–Kier alpha value is -0.440. The van der Waals surface area contributed by atoms with E-state index < -0.39 is 7.60 Å². The summed E-state index contributed by atoms with van der Waals surface area (Å²) < 4.78 is 29.3. The molecule has 0 saturated heterocycles. The molecular weight excluding hydrogens is 357 g/mol. The molecule has 0 aliphatic rings. The summed E-state index contributed by atoms with van der Waals surface area (Å²) in [4.78, 5) is 6.85. The lowest BCUT2D eigenvalue weighted by Gasteiger charge is -2.22. The predicted molar refractivity (Wildman–Crippen MR) is 95.4 cm³/mol. The summed E-state index contributed by atoms with van der Waals surface area (Å²) in [6.07, 6.45) is -0.472. The highest BCUT2D eigenvalue weighted by atomic mass is 32.2. The molecule has 0 unspecified atom stereocenters. The van der Waals surface area contributed by atoms with Crippen LogP contribution in [0.3, 0.4) is 0 Å². The Labute approximate surface area is 146 Å². The third kappa shape index (κ3) is 8.83. The van der Waals surface area contributed by atoms with Gasteiger partial charge in [0, 0.05) is 11.8 Å². The highest BCUT2D eigenvalue weighted by molar-refractivity contribution is 7.99. The van der Waals surface area contributed by atoms with Crippen LogP contribution in [0.1, 0.15) is 27.7 Å². The first-order chi connectivity index (χ1) is 10.7. The van der Waals surface area contributed by atoms with E-state index in [1.165, 1.54) is 11.8 Å². The maximum absolute atomic E-state index is 12.5. The zero-order valence-corrected chi connectivity index (χ0v) is 16.3. The molecule has 1 heterocycles. The van der Waals surface area contributed by atoms with Crippen LogP contribution in [0.4, 0.5) is 5.95 Å². The van der Waals surface area contributed by atoms with Crippen molar-refractivity contribution in [3.63, 3.8) is 0 Å². The lowest BCUT2D eigenvalue weighted by Crippen LogP contribution is -2.12. The number of nitrogens with zero attached hydrogens (tertiary/aromatic N) is 1. The molecule has 0 fully saturated rings. The van der Waals surface area contributed by atoms with Gasteiger partial charge in [-0.15, -0.1) is 11.8 Å². The molecule has 0 bridgehead atoms. The fourth-order valence-electron chi connectivity index (χ4n) is 1.64. The van der Waals surface area contributed by atoms with Crippen molar-refractivity contribution in [2.45, 2.75) is 44.9 Å². The molecule has 1 rings (SSSR count). The molecule has 132 valence electrons. The van der Waals surface area contributed by atoms with Crippen molar-refractivity contribution in [3.8, 4) is 0 Å². The Morgan fingerprint density at radius 3 is 2.48 bits per heavy atom. The molecule has 1 aromatic heterocycles. The van der Waals surface area contributed by atoms with Crippen molar-refractivity contribution in [2.75, 3.05) is 24.4 Å². The fraction of sp³-hybridized carbons (Fsp3) is 0.692. The third-order valence-electron chi connectivity index (χ3n) is 2.21. The predicted octanol–water partition coefficient (Wildman–Crippen LogP) is 3.83. The van der Waals surface area contributed by atoms with Crippen LogP contribution in [0, 0.1) is 4.64 Å². The van der Waals surface area contributed by atoms with Crippen molar-refractivity contribution in [1.29, 1.82) is 0 Å². The number of hydrogen-bond acceptors (Lipinski definition) is 8. The molecule has 0 amide bonds. The average molecular weight is 381 g/mol. The van der Waals surface area contributed by atoms with Gasteiger partial charge >= 0.3 is 7.60 Å². The number of nitrogens with two attached hydrogens (primary N) is 1. The fourth-order valence-corrected chi connectivity index (χ4v) is 4.51. The molecule has 0 aliphatic carbocycles. The number of hydrogen-bond donors (Lipinski definition) is 2. The molecule has 0 spiro atoms. The third-order valence-corrected chi connectivity index (χ3v) is 5.29. The number of anilines is 1. The van der Waals surface area contributed by atoms with Crippen LogP contribution in [0.25, 0.3) is 0 Å². The molecule has 0 saturated carbocycles. The van der Waals surface area contributed by atoms with E-state index in [0.717, 1.165) is 5.03 Å². The van der Waals surface area contributed by atoms with Gasteiger partial charge in [-0.2, -0.15) is 0 Å². The maximum atomic E-state index is 12.5. The number of H-pyrrole nitrogens is 1. The van der Waals surface area contributed by atoms with Crippen LogP contribution in [0.5, 0.6) is 0 Å². The van der Waals surface area contributed by atoms with E-state index in [2.05, 4.69) is 9.97 Å². The number of nitrogens with one attached hydrogen (secondary N) is 1. The van der Waals surface area contributed by atoms with E-state index in [-0.39, 0.29) is 24.5 Å². The van der Waals surface area contributed by atoms with Crippen molar-refractivity contribution in [2.24, 2.45) is 0 Å². The molecule has 0 radical (unpaired) electrons. The minimum atomic E-state index is -3.25. The number of nitrogen functional groups attached to an aromatic ring is 1. The van der Waals surface area contributed by atoms with Gasteiger partial charge in [0.25, 0.3) is 0 Å². The van der Waals surface area contributed by atoms with E-state index in [4.69, 9.17) is 31.7 Å². The summed E-state index contributed by atoms with van der Waals surface area (Å²) in [7, 11) is -3.25. The second-order valence-corrected chi connectivity index (χ2v) is 8.73. The highest BCUT2D eigenvalue weighted by Crippen LogP contribution is 2.50. The summed E-state index contributed by atoms with van der Waals surface area (Å²) in [6.45, 7) is 7.61. The van der Waals surface area contributed by atoms with Crippen LogP contribution >= 0.6 is 31.6 Å². The highest BCUT2D eigenvalue weighted by Gasteiger charge is 2.27. The Bertz CT molecular complexity index is 581. The van der Waals surface area contributed by atoms with Gasteiger partial charge in [0.05, 0.1) is 18.8 Å². The zero-order chi connectivity index (χ0) is 17.5. The Morgan fingerprint density at radius 1 is 1.35 bits per heavy atom. The first-order valence-electron chi connectivity index (χ1n) is 7.23. The van der Waals surface area contributed by atoms with Crippen LogP contribution in [-0.4, -0.2) is 40.9 Å². The SMILES string of the molecule is CC(C)OP(=O)(COCCSc1cc(=S)[nH]c(N)n1)OC(C)C. The van der Waals surface area contributed by atoms with Crippen LogP contribution < -0.4 is 5.73 Å². The summed E-state index contributed by atoms with van der Waals surface area (Å²) in [5, 5.41) is 0.717. The van der Waals surface area contributed by atoms with E-state index in [0.29, 0.717) is 17.0 Å². The minimum absolute atomic E-state index is 0.0751. The molecule has 0 aliphatic heterocycles. The Morgan fingerprint density at radius 2 is 1.96 bits per heavy atom. The lowest BCUT2D eigenvalue weighted by atomic mass is 10.5. The van der Waals surface area contributed by atoms with E-state index in [1.54, 1.807) is 33.8 Å². The Balaban J connectivity index is 2.41. The van der Waals surface area contributed by atoms with Gasteiger partial charge in [-0.25, -0.2) is 4.98 Å². The van der Waals surface area contributed by atoms with E-state index in [9.17, 15) is 4.57 Å². The molecule has 1 aromatic rings. The van der Waals surface area contributed by atoms with Crippen molar-refractivity contribution in [3.05, 3.63) is 10.7 Å². The summed E-state index contributed by atoms with van der Waals surface area (Å²) in [5.41, 5.74) is 5.59. The lowest BCUT2D eigenvalue weighted by molar-refractivity contribution is 0.104. The second kappa shape index (κ2) is 9.76. The summed E-state index contributed by atoms with van der Waals surface area (Å²) in [5.74, 6) is 0.898. The topological polar surface area (TPSA) is 99.5 Å². The standard InChI is InChI=1S/C13H24N3O4PS2/c1-9(2)19-21(17,20-10(3)4)8-18-5-6-23-12-7-11(22)15-13(14)16-12/h7,9-10H,5-6,8H2,1-4H3,(H3,14,15,16,22). The van der Waals surface area contributed by atoms with Gasteiger partial charge in [-0.1, -0.05) is 12.2 Å². The second-order valence-electron chi connectivity index (χ2n) is 5.27. The van der Waals surface area contributed by atoms with Gasteiger partial charge in [0.2, 0.25) is 0 Å². The van der Waals surface area contributed by atoms with E-state index >= 15 is 0 Å². The zero-order valence-electron chi connectivity index (χ0n) is 13.8. The molecule has 3 N–H and O–H groups in total. The van der Waals surface area contributed by atoms with Crippen LogP contribution in [0.2, 0.25) is 0 Å². The number of rotatable bonds is 10. The number of thioether (sulfide) groups is 1. The number of aromatic amines is 1. The molecule has 0 atom stereocenters. The molecule has 0 aromatic carbocycles. The van der Waals surface area contributed by atoms with Gasteiger partial charge in [-0.05, 0) is 27.7 Å². The normalized spacial score (nSPS) is 12.3.